The molecular formula is C15H28O3. The summed E-state index contributed by atoms with van der Waals surface area (Å²) < 4.78 is 11.5. The van der Waals surface area contributed by atoms with Crippen molar-refractivity contribution in [2.45, 2.75) is 76.1 Å². The van der Waals surface area contributed by atoms with E-state index in [1.807, 2.05) is 13.8 Å². The van der Waals surface area contributed by atoms with Gasteiger partial charge in [-0.3, -0.25) is 0 Å². The number of aliphatic hydroxyl groups excluding tert-OH is 1. The summed E-state index contributed by atoms with van der Waals surface area (Å²) in [4.78, 5) is 0. The average Bonchev–Trinajstić information content (AvgIpc) is 2.39. The van der Waals surface area contributed by atoms with Crippen molar-refractivity contribution in [3.05, 3.63) is 0 Å². The van der Waals surface area contributed by atoms with Gasteiger partial charge in [-0.2, -0.15) is 0 Å². The molecule has 0 amide bonds. The fourth-order valence-corrected chi connectivity index (χ4v) is 3.57. The quantitative estimate of drug-likeness (QED) is 0.844. The smallest absolute Gasteiger partial charge is 0.0883 e. The molecule has 18 heavy (non-hydrogen) atoms. The topological polar surface area (TPSA) is 38.7 Å². The first kappa shape index (κ1) is 14.3. The summed E-state index contributed by atoms with van der Waals surface area (Å²) in [5, 5.41) is 10.5. The summed E-state index contributed by atoms with van der Waals surface area (Å²) in [6, 6.07) is 0. The van der Waals surface area contributed by atoms with E-state index in [9.17, 15) is 5.11 Å². The van der Waals surface area contributed by atoms with Crippen molar-refractivity contribution < 1.29 is 14.6 Å². The number of aliphatic hydroxyl groups is 1. The molecule has 1 saturated carbocycles. The Morgan fingerprint density at radius 2 is 1.94 bits per heavy atom. The second-order valence-corrected chi connectivity index (χ2v) is 6.60. The van der Waals surface area contributed by atoms with Crippen molar-refractivity contribution in [2.24, 2.45) is 5.92 Å². The molecule has 0 bridgehead atoms. The van der Waals surface area contributed by atoms with Crippen LogP contribution in [0.5, 0.6) is 0 Å². The zero-order valence-corrected chi connectivity index (χ0v) is 12.1. The van der Waals surface area contributed by atoms with Crippen LogP contribution in [0.2, 0.25) is 0 Å². The molecule has 1 N–H and O–H groups in total. The lowest BCUT2D eigenvalue weighted by atomic mass is 9.72. The van der Waals surface area contributed by atoms with Crippen molar-refractivity contribution >= 4 is 0 Å². The van der Waals surface area contributed by atoms with Gasteiger partial charge in [-0.05, 0) is 45.4 Å². The highest BCUT2D eigenvalue weighted by Gasteiger charge is 2.44. The van der Waals surface area contributed by atoms with Gasteiger partial charge in [0.15, 0.2) is 0 Å². The monoisotopic (exact) mass is 256 g/mol. The Balaban J connectivity index is 2.02. The van der Waals surface area contributed by atoms with Crippen LogP contribution in [0.3, 0.4) is 0 Å². The third-order valence-corrected chi connectivity index (χ3v) is 4.98. The van der Waals surface area contributed by atoms with Crippen LogP contribution in [0.25, 0.3) is 0 Å². The van der Waals surface area contributed by atoms with Crippen molar-refractivity contribution in [1.29, 1.82) is 0 Å². The fourth-order valence-electron chi connectivity index (χ4n) is 3.57. The Bertz CT molecular complexity index is 263. The molecule has 1 aliphatic heterocycles. The number of hydrogen-bond donors (Lipinski definition) is 1. The van der Waals surface area contributed by atoms with Gasteiger partial charge < -0.3 is 14.6 Å². The van der Waals surface area contributed by atoms with E-state index in [2.05, 4.69) is 0 Å². The van der Waals surface area contributed by atoms with E-state index < -0.39 is 11.7 Å². The van der Waals surface area contributed by atoms with Gasteiger partial charge in [0.1, 0.15) is 0 Å². The maximum atomic E-state index is 10.5. The minimum absolute atomic E-state index is 0.0615. The van der Waals surface area contributed by atoms with Crippen molar-refractivity contribution in [3.63, 3.8) is 0 Å². The zero-order valence-electron chi connectivity index (χ0n) is 12.1. The van der Waals surface area contributed by atoms with Crippen LogP contribution in [-0.4, -0.2) is 36.1 Å². The summed E-state index contributed by atoms with van der Waals surface area (Å²) in [5.74, 6) is 0.312. The molecule has 3 nitrogen and oxygen atoms in total. The van der Waals surface area contributed by atoms with Crippen LogP contribution >= 0.6 is 0 Å². The Morgan fingerprint density at radius 1 is 1.28 bits per heavy atom. The molecule has 3 heteroatoms. The van der Waals surface area contributed by atoms with Gasteiger partial charge in [0.2, 0.25) is 0 Å². The highest BCUT2D eigenvalue weighted by Crippen LogP contribution is 2.43. The van der Waals surface area contributed by atoms with E-state index in [1.54, 1.807) is 7.11 Å². The fraction of sp³-hybridized carbons (Fsp3) is 1.00. The first-order chi connectivity index (χ1) is 8.49. The predicted octanol–water partition coefficient (Wildman–Crippen LogP) is 2.90. The average molecular weight is 256 g/mol. The number of methoxy groups -OCH3 is 1. The maximum Gasteiger partial charge on any atom is 0.0883 e. The molecular weight excluding hydrogens is 228 g/mol. The largest absolute Gasteiger partial charge is 0.390 e. The lowest BCUT2D eigenvalue weighted by Crippen LogP contribution is -2.50. The van der Waals surface area contributed by atoms with Gasteiger partial charge >= 0.3 is 0 Å². The standard InChI is InChI=1S/C15H28O3/c1-14(2,17-3)13(16)12-7-10-18-15(11-12)8-5-4-6-9-15/h12-13,16H,4-11H2,1-3H3. The minimum atomic E-state index is -0.460. The van der Waals surface area contributed by atoms with Crippen LogP contribution in [0, 0.1) is 5.92 Å². The van der Waals surface area contributed by atoms with Crippen LogP contribution in [0.4, 0.5) is 0 Å². The molecule has 0 aromatic heterocycles. The summed E-state index contributed by atoms with van der Waals surface area (Å²) in [6.45, 7) is 4.74. The van der Waals surface area contributed by atoms with Crippen molar-refractivity contribution in [2.75, 3.05) is 13.7 Å². The third kappa shape index (κ3) is 2.89. The molecule has 1 heterocycles. The zero-order chi connectivity index (χ0) is 13.2. The van der Waals surface area contributed by atoms with Gasteiger partial charge in [-0.15, -0.1) is 0 Å². The van der Waals surface area contributed by atoms with Gasteiger partial charge in [0.25, 0.3) is 0 Å². The Labute approximate surface area is 111 Å². The molecule has 2 aliphatic rings. The number of hydrogen-bond acceptors (Lipinski definition) is 3. The first-order valence-corrected chi connectivity index (χ1v) is 7.36. The maximum absolute atomic E-state index is 10.5. The van der Waals surface area contributed by atoms with E-state index >= 15 is 0 Å². The van der Waals surface area contributed by atoms with E-state index in [0.29, 0.717) is 5.92 Å². The van der Waals surface area contributed by atoms with Crippen LogP contribution < -0.4 is 0 Å². The Kier molecular flexibility index (Phi) is 4.35. The Hall–Kier alpha value is -0.120. The molecule has 1 saturated heterocycles. The summed E-state index contributed by atoms with van der Waals surface area (Å²) in [6.07, 6.45) is 7.78. The molecule has 0 aromatic rings. The lowest BCUT2D eigenvalue weighted by molar-refractivity contribution is -0.165. The highest BCUT2D eigenvalue weighted by molar-refractivity contribution is 4.95. The molecule has 2 unspecified atom stereocenters. The van der Waals surface area contributed by atoms with Gasteiger partial charge in [-0.25, -0.2) is 0 Å². The molecule has 2 fully saturated rings. The van der Waals surface area contributed by atoms with Crippen molar-refractivity contribution in [3.8, 4) is 0 Å². The Morgan fingerprint density at radius 3 is 2.56 bits per heavy atom. The SMILES string of the molecule is COC(C)(C)C(O)C1CCOC2(CCCCC2)C1. The number of rotatable bonds is 3. The molecule has 2 rings (SSSR count). The molecule has 0 radical (unpaired) electrons. The predicted molar refractivity (Wildman–Crippen MR) is 71.6 cm³/mol. The van der Waals surface area contributed by atoms with E-state index in [4.69, 9.17) is 9.47 Å². The van der Waals surface area contributed by atoms with Gasteiger partial charge in [-0.1, -0.05) is 19.3 Å². The molecule has 1 spiro atoms. The molecule has 0 aromatic carbocycles. The first-order valence-electron chi connectivity index (χ1n) is 7.36. The minimum Gasteiger partial charge on any atom is -0.390 e. The molecule has 106 valence electrons. The van der Waals surface area contributed by atoms with Gasteiger partial charge in [0, 0.05) is 13.7 Å². The normalized spacial score (nSPS) is 30.3. The van der Waals surface area contributed by atoms with E-state index in [-0.39, 0.29) is 5.60 Å². The summed E-state index contributed by atoms with van der Waals surface area (Å²) >= 11 is 0. The van der Waals surface area contributed by atoms with Gasteiger partial charge in [0.05, 0.1) is 17.3 Å². The summed E-state index contributed by atoms with van der Waals surface area (Å²) in [5.41, 5.74) is -0.399. The van der Waals surface area contributed by atoms with Crippen LogP contribution in [0.15, 0.2) is 0 Å². The lowest BCUT2D eigenvalue weighted by Gasteiger charge is -2.46. The van der Waals surface area contributed by atoms with Crippen LogP contribution in [0.1, 0.15) is 58.8 Å². The molecule has 1 aliphatic carbocycles. The van der Waals surface area contributed by atoms with Crippen molar-refractivity contribution in [1.82, 2.24) is 0 Å². The highest BCUT2D eigenvalue weighted by atomic mass is 16.5. The summed E-state index contributed by atoms with van der Waals surface area (Å²) in [7, 11) is 1.68. The van der Waals surface area contributed by atoms with E-state index in [0.717, 1.165) is 19.4 Å². The van der Waals surface area contributed by atoms with E-state index in [1.165, 1.54) is 32.1 Å². The number of ether oxygens (including phenoxy) is 2. The second kappa shape index (κ2) is 5.48. The molecule has 2 atom stereocenters. The third-order valence-electron chi connectivity index (χ3n) is 4.98. The van der Waals surface area contributed by atoms with Crippen LogP contribution in [-0.2, 0) is 9.47 Å². The second-order valence-electron chi connectivity index (χ2n) is 6.60.